The zero-order chi connectivity index (χ0) is 14.1. The SMILES string of the molecule is COC(=O)C(C(=O)OC)=C(NN(C)C)OCCO. The molecular weight excluding hydrogens is 244 g/mol. The van der Waals surface area contributed by atoms with E-state index in [0.29, 0.717) is 0 Å². The van der Waals surface area contributed by atoms with Crippen molar-refractivity contribution in [1.29, 1.82) is 0 Å². The van der Waals surface area contributed by atoms with E-state index in [0.717, 1.165) is 14.2 Å². The van der Waals surface area contributed by atoms with Gasteiger partial charge in [-0.3, -0.25) is 5.43 Å². The van der Waals surface area contributed by atoms with Gasteiger partial charge in [0.15, 0.2) is 0 Å². The molecule has 0 fully saturated rings. The Morgan fingerprint density at radius 1 is 1.17 bits per heavy atom. The van der Waals surface area contributed by atoms with Crippen molar-refractivity contribution in [2.75, 3.05) is 41.5 Å². The summed E-state index contributed by atoms with van der Waals surface area (Å²) in [6.07, 6.45) is 0. The van der Waals surface area contributed by atoms with Gasteiger partial charge in [-0.2, -0.15) is 0 Å². The van der Waals surface area contributed by atoms with Crippen LogP contribution in [-0.4, -0.2) is 63.6 Å². The fourth-order valence-corrected chi connectivity index (χ4v) is 0.984. The monoisotopic (exact) mass is 262 g/mol. The Kier molecular flexibility index (Phi) is 7.48. The number of ether oxygens (including phenoxy) is 3. The molecule has 0 aliphatic heterocycles. The number of nitrogens with one attached hydrogen (secondary N) is 1. The molecule has 0 unspecified atom stereocenters. The number of rotatable bonds is 7. The number of carbonyl (C=O) groups excluding carboxylic acids is 2. The first kappa shape index (κ1) is 16.2. The molecule has 0 aromatic rings. The van der Waals surface area contributed by atoms with Crippen LogP contribution in [0.4, 0.5) is 0 Å². The van der Waals surface area contributed by atoms with Gasteiger partial charge in [-0.1, -0.05) is 0 Å². The molecule has 0 atom stereocenters. The van der Waals surface area contributed by atoms with E-state index >= 15 is 0 Å². The Morgan fingerprint density at radius 3 is 2.00 bits per heavy atom. The van der Waals surface area contributed by atoms with Gasteiger partial charge in [0.2, 0.25) is 11.5 Å². The summed E-state index contributed by atoms with van der Waals surface area (Å²) in [5, 5.41) is 10.2. The predicted molar refractivity (Wildman–Crippen MR) is 60.9 cm³/mol. The van der Waals surface area contributed by atoms with Crippen LogP contribution in [-0.2, 0) is 23.8 Å². The van der Waals surface area contributed by atoms with Crippen molar-refractivity contribution < 1.29 is 28.9 Å². The molecule has 2 N–H and O–H groups in total. The lowest BCUT2D eigenvalue weighted by Gasteiger charge is -2.19. The van der Waals surface area contributed by atoms with Crippen LogP contribution in [0.5, 0.6) is 0 Å². The summed E-state index contributed by atoms with van der Waals surface area (Å²) < 4.78 is 14.0. The van der Waals surface area contributed by atoms with Crippen LogP contribution in [0.1, 0.15) is 0 Å². The van der Waals surface area contributed by atoms with E-state index in [1.807, 2.05) is 0 Å². The van der Waals surface area contributed by atoms with E-state index in [4.69, 9.17) is 9.84 Å². The topological polar surface area (TPSA) is 97.3 Å². The largest absolute Gasteiger partial charge is 0.475 e. The normalized spacial score (nSPS) is 9.67. The second-order valence-electron chi connectivity index (χ2n) is 3.27. The van der Waals surface area contributed by atoms with E-state index in [2.05, 4.69) is 14.9 Å². The first-order valence-corrected chi connectivity index (χ1v) is 5.06. The molecule has 8 heteroatoms. The number of nitrogens with zero attached hydrogens (tertiary/aromatic N) is 1. The predicted octanol–water partition coefficient (Wildman–Crippen LogP) is -1.38. The maximum Gasteiger partial charge on any atom is 0.350 e. The lowest BCUT2D eigenvalue weighted by molar-refractivity contribution is -0.144. The molecule has 104 valence electrons. The van der Waals surface area contributed by atoms with Crippen LogP contribution < -0.4 is 5.43 Å². The van der Waals surface area contributed by atoms with Gasteiger partial charge in [0, 0.05) is 14.1 Å². The highest BCUT2D eigenvalue weighted by atomic mass is 16.5. The van der Waals surface area contributed by atoms with Crippen LogP contribution in [0, 0.1) is 0 Å². The molecule has 8 nitrogen and oxygen atoms in total. The lowest BCUT2D eigenvalue weighted by Crippen LogP contribution is -2.35. The third-order valence-corrected chi connectivity index (χ3v) is 1.67. The highest BCUT2D eigenvalue weighted by Crippen LogP contribution is 2.08. The molecule has 0 aliphatic carbocycles. The Bertz CT molecular complexity index is 308. The van der Waals surface area contributed by atoms with E-state index in [-0.39, 0.29) is 19.1 Å². The van der Waals surface area contributed by atoms with E-state index < -0.39 is 17.5 Å². The van der Waals surface area contributed by atoms with Crippen LogP contribution in [0.25, 0.3) is 0 Å². The Labute approximate surface area is 105 Å². The summed E-state index contributed by atoms with van der Waals surface area (Å²) in [6, 6.07) is 0. The van der Waals surface area contributed by atoms with Crippen molar-refractivity contribution in [3.63, 3.8) is 0 Å². The van der Waals surface area contributed by atoms with Gasteiger partial charge in [0.1, 0.15) is 6.61 Å². The molecule has 0 saturated heterocycles. The zero-order valence-electron chi connectivity index (χ0n) is 10.8. The van der Waals surface area contributed by atoms with Gasteiger partial charge in [0.25, 0.3) is 0 Å². The molecular formula is C10H18N2O6. The third kappa shape index (κ3) is 5.02. The zero-order valence-corrected chi connectivity index (χ0v) is 10.8. The van der Waals surface area contributed by atoms with Gasteiger partial charge in [-0.25, -0.2) is 14.6 Å². The maximum atomic E-state index is 11.5. The first-order valence-electron chi connectivity index (χ1n) is 5.06. The van der Waals surface area contributed by atoms with Crippen molar-refractivity contribution in [3.05, 3.63) is 11.5 Å². The maximum absolute atomic E-state index is 11.5. The summed E-state index contributed by atoms with van der Waals surface area (Å²) in [5.74, 6) is -1.94. The fourth-order valence-electron chi connectivity index (χ4n) is 0.984. The van der Waals surface area contributed by atoms with Gasteiger partial charge >= 0.3 is 11.9 Å². The molecule has 0 bridgehead atoms. The summed E-state index contributed by atoms with van der Waals surface area (Å²) in [5.41, 5.74) is 2.21. The first-order chi connectivity index (χ1) is 8.47. The number of hydrazine groups is 1. The van der Waals surface area contributed by atoms with E-state index in [9.17, 15) is 9.59 Å². The summed E-state index contributed by atoms with van der Waals surface area (Å²) in [7, 11) is 5.53. The minimum Gasteiger partial charge on any atom is -0.475 e. The number of aliphatic hydroxyl groups is 1. The Balaban J connectivity index is 5.36. The number of carbonyl (C=O) groups is 2. The molecule has 0 rings (SSSR count). The molecule has 18 heavy (non-hydrogen) atoms. The summed E-state index contributed by atoms with van der Waals surface area (Å²) in [4.78, 5) is 23.0. The molecule has 0 spiro atoms. The quantitative estimate of drug-likeness (QED) is 0.145. The van der Waals surface area contributed by atoms with Gasteiger partial charge in [0.05, 0.1) is 20.8 Å². The van der Waals surface area contributed by atoms with Gasteiger partial charge in [-0.15, -0.1) is 0 Å². The molecule has 0 aromatic heterocycles. The molecule has 0 aromatic carbocycles. The van der Waals surface area contributed by atoms with Gasteiger partial charge < -0.3 is 19.3 Å². The highest BCUT2D eigenvalue weighted by molar-refractivity contribution is 6.14. The summed E-state index contributed by atoms with van der Waals surface area (Å²) in [6.45, 7) is -0.359. The number of esters is 2. The number of hydrogen-bond acceptors (Lipinski definition) is 8. The second kappa shape index (κ2) is 8.31. The standard InChI is InChI=1S/C10H18N2O6/c1-12(2)11-8(18-6-5-13)7(9(14)16-3)10(15)17-4/h11,13H,5-6H2,1-4H3. The van der Waals surface area contributed by atoms with Crippen LogP contribution in [0.15, 0.2) is 11.5 Å². The molecule has 0 amide bonds. The number of methoxy groups -OCH3 is 2. The van der Waals surface area contributed by atoms with Crippen molar-refractivity contribution in [1.82, 2.24) is 10.4 Å². The van der Waals surface area contributed by atoms with E-state index in [1.54, 1.807) is 14.1 Å². The number of hydrogen-bond donors (Lipinski definition) is 2. The lowest BCUT2D eigenvalue weighted by atomic mass is 10.3. The molecule has 0 saturated carbocycles. The van der Waals surface area contributed by atoms with Crippen molar-refractivity contribution in [2.24, 2.45) is 0 Å². The minimum atomic E-state index is -0.899. The minimum absolute atomic E-state index is 0.0896. The van der Waals surface area contributed by atoms with Crippen molar-refractivity contribution in [3.8, 4) is 0 Å². The van der Waals surface area contributed by atoms with Crippen molar-refractivity contribution >= 4 is 11.9 Å². The molecule has 0 aliphatic rings. The van der Waals surface area contributed by atoms with E-state index in [1.165, 1.54) is 5.01 Å². The van der Waals surface area contributed by atoms with Gasteiger partial charge in [-0.05, 0) is 0 Å². The Morgan fingerprint density at radius 2 is 1.67 bits per heavy atom. The smallest absolute Gasteiger partial charge is 0.350 e. The van der Waals surface area contributed by atoms with Crippen molar-refractivity contribution in [2.45, 2.75) is 0 Å². The highest BCUT2D eigenvalue weighted by Gasteiger charge is 2.27. The average molecular weight is 262 g/mol. The third-order valence-electron chi connectivity index (χ3n) is 1.67. The Hall–Kier alpha value is -1.80. The number of aliphatic hydroxyl groups excluding tert-OH is 1. The average Bonchev–Trinajstić information content (AvgIpc) is 2.34. The summed E-state index contributed by atoms with van der Waals surface area (Å²) >= 11 is 0. The van der Waals surface area contributed by atoms with Crippen LogP contribution in [0.2, 0.25) is 0 Å². The second-order valence-corrected chi connectivity index (χ2v) is 3.27. The molecule has 0 heterocycles. The van der Waals surface area contributed by atoms with Crippen LogP contribution >= 0.6 is 0 Å². The molecule has 0 radical (unpaired) electrons. The van der Waals surface area contributed by atoms with Crippen LogP contribution in [0.3, 0.4) is 0 Å². The fraction of sp³-hybridized carbons (Fsp3) is 0.600.